The first-order valence-electron chi connectivity index (χ1n) is 10.5. The summed E-state index contributed by atoms with van der Waals surface area (Å²) in [6.45, 7) is -2.38. The van der Waals surface area contributed by atoms with Gasteiger partial charge in [-0.15, -0.1) is 0 Å². The minimum absolute atomic E-state index is 0.243. The van der Waals surface area contributed by atoms with Crippen LogP contribution in [0.4, 0.5) is 0 Å². The van der Waals surface area contributed by atoms with Gasteiger partial charge in [-0.2, -0.15) is 0 Å². The second kappa shape index (κ2) is 13.6. The summed E-state index contributed by atoms with van der Waals surface area (Å²) in [5.74, 6) is -3.38. The highest BCUT2D eigenvalue weighted by Crippen LogP contribution is 2.28. The number of carboxylic acids is 2. The number of aliphatic hydroxyl groups excluding tert-OH is 5. The molecule has 2 heterocycles. The van der Waals surface area contributed by atoms with Gasteiger partial charge in [-0.05, 0) is 0 Å². The van der Waals surface area contributed by atoms with Crippen LogP contribution in [-0.2, 0) is 38.0 Å². The molecule has 0 radical (unpaired) electrons. The smallest absolute Gasteiger partial charge is 0.329 e. The fraction of sp³-hybridized carbons (Fsp3) is 0.895. The van der Waals surface area contributed by atoms with E-state index in [9.17, 15) is 35.1 Å². The summed E-state index contributed by atoms with van der Waals surface area (Å²) in [7, 11) is 1.28. The predicted octanol–water partition coefficient (Wildman–Crippen LogP) is -4.24. The highest BCUT2D eigenvalue weighted by atomic mass is 16.6. The Labute approximate surface area is 194 Å². The third-order valence-electron chi connectivity index (χ3n) is 5.54. The molecule has 0 aromatic carbocycles. The lowest BCUT2D eigenvalue weighted by Crippen LogP contribution is -2.60. The van der Waals surface area contributed by atoms with E-state index in [-0.39, 0.29) is 26.4 Å². The molecule has 0 aromatic rings. The van der Waals surface area contributed by atoms with E-state index in [0.717, 1.165) is 0 Å². The summed E-state index contributed by atoms with van der Waals surface area (Å²) in [5, 5.41) is 68.1. The molecule has 2 rings (SSSR count). The zero-order valence-corrected chi connectivity index (χ0v) is 18.4. The Hall–Kier alpha value is -1.50. The summed E-state index contributed by atoms with van der Waals surface area (Å²) >= 11 is 0. The van der Waals surface area contributed by atoms with Gasteiger partial charge in [0, 0.05) is 13.0 Å². The van der Waals surface area contributed by atoms with Gasteiger partial charge in [0.1, 0.15) is 49.8 Å². The summed E-state index contributed by atoms with van der Waals surface area (Å²) in [6.07, 6.45) is -11.7. The molecule has 10 atom stereocenters. The van der Waals surface area contributed by atoms with E-state index in [0.29, 0.717) is 0 Å². The lowest BCUT2D eigenvalue weighted by atomic mass is 9.90. The molecule has 2 fully saturated rings. The van der Waals surface area contributed by atoms with Crippen molar-refractivity contribution in [3.8, 4) is 0 Å². The highest BCUT2D eigenvalue weighted by molar-refractivity contribution is 5.68. The van der Waals surface area contributed by atoms with E-state index >= 15 is 0 Å². The van der Waals surface area contributed by atoms with Gasteiger partial charge >= 0.3 is 11.9 Å². The highest BCUT2D eigenvalue weighted by Gasteiger charge is 2.46. The maximum absolute atomic E-state index is 10.7. The van der Waals surface area contributed by atoms with E-state index in [4.69, 9.17) is 38.6 Å². The molecule has 0 amide bonds. The van der Waals surface area contributed by atoms with Crippen molar-refractivity contribution in [2.75, 3.05) is 46.8 Å². The zero-order chi connectivity index (χ0) is 25.4. The molecule has 0 bridgehead atoms. The second-order valence-corrected chi connectivity index (χ2v) is 7.96. The number of hydrogen-bond acceptors (Lipinski definition) is 13. The maximum atomic E-state index is 10.7. The van der Waals surface area contributed by atoms with E-state index in [1.165, 1.54) is 7.11 Å². The molecule has 0 saturated carbocycles. The number of methoxy groups -OCH3 is 1. The molecular weight excluding hydrogens is 468 g/mol. The van der Waals surface area contributed by atoms with Gasteiger partial charge in [-0.3, -0.25) is 0 Å². The van der Waals surface area contributed by atoms with Crippen molar-refractivity contribution in [3.63, 3.8) is 0 Å². The minimum Gasteiger partial charge on any atom is -0.480 e. The molecule has 7 N–H and O–H groups in total. The Morgan fingerprint density at radius 2 is 1.24 bits per heavy atom. The number of aliphatic hydroxyl groups is 5. The summed E-state index contributed by atoms with van der Waals surface area (Å²) in [4.78, 5) is 21.3. The Morgan fingerprint density at radius 1 is 0.676 bits per heavy atom. The van der Waals surface area contributed by atoms with Crippen molar-refractivity contribution in [1.82, 2.24) is 0 Å². The monoisotopic (exact) mass is 500 g/mol. The normalized spacial score (nSPS) is 38.5. The van der Waals surface area contributed by atoms with Gasteiger partial charge in [-0.25, -0.2) is 9.59 Å². The molecule has 15 nitrogen and oxygen atoms in total. The van der Waals surface area contributed by atoms with Crippen LogP contribution < -0.4 is 0 Å². The molecule has 4 unspecified atom stereocenters. The van der Waals surface area contributed by atoms with Gasteiger partial charge in [-0.1, -0.05) is 0 Å². The number of hydrogen-bond donors (Lipinski definition) is 7. The van der Waals surface area contributed by atoms with Crippen LogP contribution in [0.1, 0.15) is 0 Å². The van der Waals surface area contributed by atoms with Crippen LogP contribution >= 0.6 is 0 Å². The molecule has 198 valence electrons. The van der Waals surface area contributed by atoms with E-state index < -0.39 is 86.2 Å². The van der Waals surface area contributed by atoms with Crippen LogP contribution in [0.5, 0.6) is 0 Å². The molecule has 2 saturated heterocycles. The Balaban J connectivity index is 1.96. The SMILES string of the molecule is CO[C@@H]1C(COCC(=O)O)O[C@@H](COC[C@H]2C(O)C(O)[C@H](O)O[C@H]2COCC(=O)O)C(O)[C@@H]1O. The first-order chi connectivity index (χ1) is 16.1. The summed E-state index contributed by atoms with van der Waals surface area (Å²) < 4.78 is 31.5. The number of ether oxygens (including phenoxy) is 6. The number of rotatable bonds is 13. The fourth-order valence-corrected chi connectivity index (χ4v) is 3.80. The molecule has 34 heavy (non-hydrogen) atoms. The van der Waals surface area contributed by atoms with Crippen LogP contribution in [0.15, 0.2) is 0 Å². The van der Waals surface area contributed by atoms with Crippen LogP contribution in [0.3, 0.4) is 0 Å². The number of carbonyl (C=O) groups is 2. The third kappa shape index (κ3) is 7.76. The van der Waals surface area contributed by atoms with E-state index in [2.05, 4.69) is 0 Å². The molecular formula is C19H32O15. The molecule has 0 spiro atoms. The van der Waals surface area contributed by atoms with Crippen LogP contribution in [0, 0.1) is 5.92 Å². The predicted molar refractivity (Wildman–Crippen MR) is 106 cm³/mol. The van der Waals surface area contributed by atoms with Crippen LogP contribution in [0.25, 0.3) is 0 Å². The molecule has 15 heteroatoms. The molecule has 2 aliphatic heterocycles. The standard InChI is InChI=1S/C19H32O15/c1-29-18-11(5-32-7-13(22)23)33-10(15(25)16(18)26)4-30-2-8-9(3-31-6-12(20)21)34-19(28)17(27)14(8)24/h8-11,14-19,24-28H,2-7H2,1H3,(H,20,21)(H,22,23)/t8-,9+,10+,11?,14?,15?,16+,17?,18-,19-/m1/s1. The molecule has 0 aliphatic carbocycles. The summed E-state index contributed by atoms with van der Waals surface area (Å²) in [5.41, 5.74) is 0. The lowest BCUT2D eigenvalue weighted by Gasteiger charge is -2.43. The first kappa shape index (κ1) is 28.7. The van der Waals surface area contributed by atoms with Gasteiger partial charge in [0.15, 0.2) is 6.29 Å². The van der Waals surface area contributed by atoms with Gasteiger partial charge in [0.25, 0.3) is 0 Å². The van der Waals surface area contributed by atoms with Crippen molar-refractivity contribution < 1.29 is 73.8 Å². The Kier molecular flexibility index (Phi) is 11.5. The molecule has 2 aliphatic rings. The largest absolute Gasteiger partial charge is 0.480 e. The fourth-order valence-electron chi connectivity index (χ4n) is 3.80. The van der Waals surface area contributed by atoms with E-state index in [1.54, 1.807) is 0 Å². The maximum Gasteiger partial charge on any atom is 0.329 e. The number of carboxylic acid groups (broad SMARTS) is 2. The van der Waals surface area contributed by atoms with Gasteiger partial charge < -0.3 is 64.2 Å². The summed E-state index contributed by atoms with van der Waals surface area (Å²) in [6, 6.07) is 0. The third-order valence-corrected chi connectivity index (χ3v) is 5.54. The van der Waals surface area contributed by atoms with E-state index in [1.807, 2.05) is 0 Å². The minimum atomic E-state index is -1.72. The Bertz CT molecular complexity index is 647. The van der Waals surface area contributed by atoms with Crippen LogP contribution in [0.2, 0.25) is 0 Å². The zero-order valence-electron chi connectivity index (χ0n) is 18.4. The lowest BCUT2D eigenvalue weighted by molar-refractivity contribution is -0.284. The van der Waals surface area contributed by atoms with Crippen molar-refractivity contribution in [3.05, 3.63) is 0 Å². The average molecular weight is 500 g/mol. The second-order valence-electron chi connectivity index (χ2n) is 7.96. The van der Waals surface area contributed by atoms with Crippen molar-refractivity contribution in [2.24, 2.45) is 5.92 Å². The van der Waals surface area contributed by atoms with Crippen molar-refractivity contribution in [1.29, 1.82) is 0 Å². The number of aliphatic carboxylic acids is 2. The van der Waals surface area contributed by atoms with Crippen molar-refractivity contribution >= 4 is 11.9 Å². The topological polar surface area (TPSA) is 231 Å². The van der Waals surface area contributed by atoms with Gasteiger partial charge in [0.05, 0.1) is 38.6 Å². The Morgan fingerprint density at radius 3 is 1.79 bits per heavy atom. The first-order valence-corrected chi connectivity index (χ1v) is 10.5. The average Bonchev–Trinajstić information content (AvgIpc) is 2.77. The van der Waals surface area contributed by atoms with Crippen molar-refractivity contribution in [2.45, 2.75) is 55.1 Å². The van der Waals surface area contributed by atoms with Gasteiger partial charge in [0.2, 0.25) is 0 Å². The molecule has 0 aromatic heterocycles. The van der Waals surface area contributed by atoms with Crippen LogP contribution in [-0.4, -0.2) is 150 Å². The quantitative estimate of drug-likeness (QED) is 0.127.